The predicted molar refractivity (Wildman–Crippen MR) is 125 cm³/mol. The average molecular weight is 438 g/mol. The van der Waals surface area contributed by atoms with E-state index < -0.39 is 6.04 Å². The molecule has 7 nitrogen and oxygen atoms in total. The number of hydrogen-bond acceptors (Lipinski definition) is 4. The molecule has 2 aromatic rings. The highest BCUT2D eigenvalue weighted by molar-refractivity contribution is 6.22. The van der Waals surface area contributed by atoms with E-state index in [0.29, 0.717) is 30.4 Å². The molecule has 0 saturated carbocycles. The third-order valence-corrected chi connectivity index (χ3v) is 5.27. The van der Waals surface area contributed by atoms with Gasteiger partial charge in [0.1, 0.15) is 11.8 Å². The monoisotopic (exact) mass is 437 g/mol. The first-order valence-electron chi connectivity index (χ1n) is 11.1. The Balaban J connectivity index is 1.72. The first-order valence-corrected chi connectivity index (χ1v) is 11.1. The van der Waals surface area contributed by atoms with Gasteiger partial charge in [0.15, 0.2) is 0 Å². The minimum Gasteiger partial charge on any atom is -0.494 e. The van der Waals surface area contributed by atoms with Gasteiger partial charge in [-0.05, 0) is 55.2 Å². The molecule has 7 heteroatoms. The molecule has 1 N–H and O–H groups in total. The van der Waals surface area contributed by atoms with Crippen LogP contribution in [-0.4, -0.2) is 41.9 Å². The van der Waals surface area contributed by atoms with Crippen molar-refractivity contribution in [3.05, 3.63) is 54.6 Å². The number of nitrogens with one attached hydrogen (secondary N) is 1. The fraction of sp³-hybridized carbons (Fsp3) is 0.400. The summed E-state index contributed by atoms with van der Waals surface area (Å²) in [4.78, 5) is 41.7. The topological polar surface area (TPSA) is 79.0 Å². The number of para-hydroxylation sites is 1. The molecule has 32 heavy (non-hydrogen) atoms. The molecule has 0 radical (unpaired) electrons. The number of carbonyl (C=O) groups is 3. The van der Waals surface area contributed by atoms with E-state index in [9.17, 15) is 14.4 Å². The van der Waals surface area contributed by atoms with E-state index in [1.807, 2.05) is 13.0 Å². The maximum Gasteiger partial charge on any atom is 0.332 e. The van der Waals surface area contributed by atoms with Crippen molar-refractivity contribution in [2.24, 2.45) is 5.92 Å². The average Bonchev–Trinajstić information content (AvgIpc) is 3.01. The molecule has 4 amide bonds. The van der Waals surface area contributed by atoms with Crippen LogP contribution >= 0.6 is 0 Å². The number of imide groups is 1. The van der Waals surface area contributed by atoms with E-state index >= 15 is 0 Å². The van der Waals surface area contributed by atoms with Crippen LogP contribution in [0.2, 0.25) is 0 Å². The summed E-state index contributed by atoms with van der Waals surface area (Å²) in [5, 5.41) is 2.82. The number of benzene rings is 2. The largest absolute Gasteiger partial charge is 0.494 e. The molecule has 0 bridgehead atoms. The summed E-state index contributed by atoms with van der Waals surface area (Å²) in [5.41, 5.74) is 1.13. The lowest BCUT2D eigenvalue weighted by molar-refractivity contribution is -0.124. The predicted octanol–water partition coefficient (Wildman–Crippen LogP) is 4.69. The SMILES string of the molecule is CCCOc1ccc(NC(=O)CC2C(=O)N(c3ccccc3)C(=O)N2CCC(C)C)cc1. The van der Waals surface area contributed by atoms with Crippen LogP contribution in [0.1, 0.15) is 40.0 Å². The van der Waals surface area contributed by atoms with Crippen LogP contribution in [-0.2, 0) is 9.59 Å². The van der Waals surface area contributed by atoms with Crippen molar-refractivity contribution in [2.45, 2.75) is 46.1 Å². The van der Waals surface area contributed by atoms with Crippen LogP contribution in [0.3, 0.4) is 0 Å². The van der Waals surface area contributed by atoms with Gasteiger partial charge in [0.25, 0.3) is 5.91 Å². The van der Waals surface area contributed by atoms with Crippen molar-refractivity contribution in [3.63, 3.8) is 0 Å². The standard InChI is InChI=1S/C25H31N3O4/c1-4-16-32-21-12-10-19(11-13-21)26-23(29)17-22-24(30)28(20-8-6-5-7-9-20)25(31)27(22)15-14-18(2)3/h5-13,18,22H,4,14-17H2,1-3H3,(H,26,29). The third kappa shape index (κ3) is 5.66. The zero-order valence-corrected chi connectivity index (χ0v) is 18.9. The number of carbonyl (C=O) groups excluding carboxylic acids is 3. The number of ether oxygens (including phenoxy) is 1. The summed E-state index contributed by atoms with van der Waals surface area (Å²) < 4.78 is 5.56. The van der Waals surface area contributed by atoms with E-state index in [-0.39, 0.29) is 24.3 Å². The van der Waals surface area contributed by atoms with Gasteiger partial charge in [0.2, 0.25) is 5.91 Å². The van der Waals surface area contributed by atoms with Crippen LogP contribution in [0.4, 0.5) is 16.2 Å². The van der Waals surface area contributed by atoms with Crippen molar-refractivity contribution in [1.82, 2.24) is 4.90 Å². The van der Waals surface area contributed by atoms with Crippen molar-refractivity contribution < 1.29 is 19.1 Å². The molecule has 1 heterocycles. The quantitative estimate of drug-likeness (QED) is 0.547. The lowest BCUT2D eigenvalue weighted by Gasteiger charge is -2.22. The maximum absolute atomic E-state index is 13.2. The number of nitrogens with zero attached hydrogens (tertiary/aromatic N) is 2. The highest BCUT2D eigenvalue weighted by atomic mass is 16.5. The first-order chi connectivity index (χ1) is 15.4. The molecule has 3 rings (SSSR count). The molecule has 1 aliphatic rings. The van der Waals surface area contributed by atoms with E-state index in [1.165, 1.54) is 9.80 Å². The zero-order valence-electron chi connectivity index (χ0n) is 18.9. The second-order valence-corrected chi connectivity index (χ2v) is 8.31. The summed E-state index contributed by atoms with van der Waals surface area (Å²) in [6, 6.07) is 14.7. The fourth-order valence-corrected chi connectivity index (χ4v) is 3.54. The van der Waals surface area contributed by atoms with Crippen molar-refractivity contribution in [1.29, 1.82) is 0 Å². The highest BCUT2D eigenvalue weighted by Gasteiger charge is 2.46. The van der Waals surface area contributed by atoms with Crippen LogP contribution in [0.25, 0.3) is 0 Å². The molecule has 1 aliphatic heterocycles. The molecule has 0 spiro atoms. The van der Waals surface area contributed by atoms with E-state index in [0.717, 1.165) is 18.6 Å². The van der Waals surface area contributed by atoms with Gasteiger partial charge in [0.05, 0.1) is 18.7 Å². The number of amides is 4. The molecule has 0 aromatic heterocycles. The number of urea groups is 1. The molecule has 2 aromatic carbocycles. The minimum atomic E-state index is -0.825. The Hall–Kier alpha value is -3.35. The zero-order chi connectivity index (χ0) is 23.1. The number of hydrogen-bond donors (Lipinski definition) is 1. The van der Waals surface area contributed by atoms with Gasteiger partial charge >= 0.3 is 6.03 Å². The Morgan fingerprint density at radius 1 is 1.06 bits per heavy atom. The molecule has 170 valence electrons. The molecular formula is C25H31N3O4. The molecule has 1 saturated heterocycles. The second kappa shape index (κ2) is 10.8. The van der Waals surface area contributed by atoms with Gasteiger partial charge in [-0.3, -0.25) is 9.59 Å². The Kier molecular flexibility index (Phi) is 7.87. The van der Waals surface area contributed by atoms with E-state index in [2.05, 4.69) is 19.2 Å². The Morgan fingerprint density at radius 2 is 1.75 bits per heavy atom. The van der Waals surface area contributed by atoms with Gasteiger partial charge in [-0.2, -0.15) is 0 Å². The minimum absolute atomic E-state index is 0.0971. The lowest BCUT2D eigenvalue weighted by Crippen LogP contribution is -2.39. The Labute approximate surface area is 189 Å². The lowest BCUT2D eigenvalue weighted by atomic mass is 10.1. The van der Waals surface area contributed by atoms with E-state index in [4.69, 9.17) is 4.74 Å². The fourth-order valence-electron chi connectivity index (χ4n) is 3.54. The Bertz CT molecular complexity index is 928. The Morgan fingerprint density at radius 3 is 2.38 bits per heavy atom. The summed E-state index contributed by atoms with van der Waals surface area (Å²) in [6.45, 7) is 7.22. The summed E-state index contributed by atoms with van der Waals surface area (Å²) in [5.74, 6) is 0.414. The van der Waals surface area contributed by atoms with Gasteiger partial charge < -0.3 is 15.0 Å². The maximum atomic E-state index is 13.2. The van der Waals surface area contributed by atoms with Crippen LogP contribution in [0.15, 0.2) is 54.6 Å². The van der Waals surface area contributed by atoms with Crippen LogP contribution < -0.4 is 15.0 Å². The smallest absolute Gasteiger partial charge is 0.332 e. The molecule has 0 aliphatic carbocycles. The van der Waals surface area contributed by atoms with Gasteiger partial charge in [-0.25, -0.2) is 9.69 Å². The first kappa shape index (κ1) is 23.3. The molecular weight excluding hydrogens is 406 g/mol. The highest BCUT2D eigenvalue weighted by Crippen LogP contribution is 2.28. The summed E-state index contributed by atoms with van der Waals surface area (Å²) in [6.07, 6.45) is 1.57. The van der Waals surface area contributed by atoms with Crippen molar-refractivity contribution in [2.75, 3.05) is 23.4 Å². The molecule has 1 unspecified atom stereocenters. The summed E-state index contributed by atoms with van der Waals surface area (Å²) >= 11 is 0. The molecule has 1 atom stereocenters. The second-order valence-electron chi connectivity index (χ2n) is 8.31. The van der Waals surface area contributed by atoms with Gasteiger partial charge in [-0.15, -0.1) is 0 Å². The number of anilines is 2. The van der Waals surface area contributed by atoms with E-state index in [1.54, 1.807) is 48.5 Å². The van der Waals surface area contributed by atoms with Crippen molar-refractivity contribution in [3.8, 4) is 5.75 Å². The van der Waals surface area contributed by atoms with Crippen LogP contribution in [0, 0.1) is 5.92 Å². The summed E-state index contributed by atoms with van der Waals surface area (Å²) in [7, 11) is 0. The van der Waals surface area contributed by atoms with Crippen LogP contribution in [0.5, 0.6) is 5.75 Å². The van der Waals surface area contributed by atoms with Gasteiger partial charge in [-0.1, -0.05) is 39.0 Å². The third-order valence-electron chi connectivity index (χ3n) is 5.27. The number of rotatable bonds is 10. The van der Waals surface area contributed by atoms with Gasteiger partial charge in [0, 0.05) is 12.2 Å². The van der Waals surface area contributed by atoms with Crippen molar-refractivity contribution >= 4 is 29.2 Å². The molecule has 1 fully saturated rings. The normalized spacial score (nSPS) is 16.1.